The topological polar surface area (TPSA) is 141 Å². The molecule has 0 amide bonds. The Hall–Kier alpha value is 0.130. The number of hydrogen-bond donors (Lipinski definition) is 5. The molecule has 84 valence electrons. The van der Waals surface area contributed by atoms with Gasteiger partial charge in [-0.2, -0.15) is 4.89 Å². The van der Waals surface area contributed by atoms with Crippen LogP contribution in [-0.2, 0) is 9.13 Å². The monoisotopic (exact) mass is 246 g/mol. The van der Waals surface area contributed by atoms with E-state index in [0.717, 1.165) is 0 Å². The molecule has 0 aromatic rings. The fourth-order valence-electron chi connectivity index (χ4n) is 0.917. The second-order valence-electron chi connectivity index (χ2n) is 2.87. The van der Waals surface area contributed by atoms with Crippen LogP contribution >= 0.6 is 15.6 Å². The number of aliphatic hydroxyl groups is 1. The predicted molar refractivity (Wildman–Crippen MR) is 49.7 cm³/mol. The van der Waals surface area contributed by atoms with Crippen molar-refractivity contribution in [3.8, 4) is 0 Å². The van der Waals surface area contributed by atoms with E-state index >= 15 is 0 Å². The zero-order valence-corrected chi connectivity index (χ0v) is 9.14. The Morgan fingerprint density at radius 1 is 1.36 bits per heavy atom. The molecule has 0 rings (SSSR count). The standard InChI is InChI=1S/C5H13NO6P2/c6-4(7)2-1-3-5(13(8)9)14(10,11)12/h4-5,7H,1-3,6H2,(H2-,8,9,10,11,12)/p+1. The quantitative estimate of drug-likeness (QED) is 0.319. The Morgan fingerprint density at radius 3 is 2.14 bits per heavy atom. The van der Waals surface area contributed by atoms with Crippen molar-refractivity contribution in [3.05, 3.63) is 0 Å². The fourth-order valence-corrected chi connectivity index (χ4v) is 2.87. The first-order valence-corrected chi connectivity index (χ1v) is 6.85. The molecule has 0 aromatic heterocycles. The summed E-state index contributed by atoms with van der Waals surface area (Å²) in [5, 5.41) is 7.10. The van der Waals surface area contributed by atoms with Crippen molar-refractivity contribution >= 4 is 15.6 Å². The highest BCUT2D eigenvalue weighted by atomic mass is 31.2. The smallest absolute Gasteiger partial charge is 0.379 e. The maximum absolute atomic E-state index is 10.7. The predicted octanol–water partition coefficient (Wildman–Crippen LogP) is -0.328. The van der Waals surface area contributed by atoms with Gasteiger partial charge in [0.2, 0.25) is 0 Å². The van der Waals surface area contributed by atoms with E-state index in [1.54, 1.807) is 0 Å². The lowest BCUT2D eigenvalue weighted by Crippen LogP contribution is -2.18. The minimum atomic E-state index is -4.55. The molecule has 6 N–H and O–H groups in total. The van der Waals surface area contributed by atoms with E-state index in [2.05, 4.69) is 0 Å². The number of rotatable bonds is 6. The second kappa shape index (κ2) is 5.88. The first-order valence-electron chi connectivity index (χ1n) is 3.89. The van der Waals surface area contributed by atoms with Crippen LogP contribution in [0, 0.1) is 0 Å². The maximum Gasteiger partial charge on any atom is 0.521 e. The third kappa shape index (κ3) is 5.78. The molecule has 3 unspecified atom stereocenters. The van der Waals surface area contributed by atoms with Gasteiger partial charge in [-0.1, -0.05) is 0 Å². The number of aliphatic hydroxyl groups excluding tert-OH is 1. The van der Waals surface area contributed by atoms with Crippen LogP contribution in [0.3, 0.4) is 0 Å². The van der Waals surface area contributed by atoms with Crippen molar-refractivity contribution < 1.29 is 28.9 Å². The lowest BCUT2D eigenvalue weighted by atomic mass is 10.2. The molecule has 0 radical (unpaired) electrons. The van der Waals surface area contributed by atoms with E-state index < -0.39 is 27.3 Å². The SMILES string of the molecule is NC(O)CCCC([P+](=O)O)P(=O)(O)O. The third-order valence-electron chi connectivity index (χ3n) is 1.61. The van der Waals surface area contributed by atoms with Crippen LogP contribution in [0.2, 0.25) is 0 Å². The summed E-state index contributed by atoms with van der Waals surface area (Å²) in [5.74, 6) is 0. The molecule has 0 aliphatic rings. The molecule has 0 aliphatic heterocycles. The first-order chi connectivity index (χ1) is 6.25. The fraction of sp³-hybridized carbons (Fsp3) is 1.00. The largest absolute Gasteiger partial charge is 0.521 e. The van der Waals surface area contributed by atoms with Crippen molar-refractivity contribution in [2.24, 2.45) is 5.73 Å². The van der Waals surface area contributed by atoms with Gasteiger partial charge in [-0.3, -0.25) is 4.57 Å². The van der Waals surface area contributed by atoms with E-state index in [9.17, 15) is 9.13 Å². The summed E-state index contributed by atoms with van der Waals surface area (Å²) in [6.45, 7) is 0. The summed E-state index contributed by atoms with van der Waals surface area (Å²) in [4.78, 5) is 26.0. The molecule has 0 heterocycles. The van der Waals surface area contributed by atoms with Crippen molar-refractivity contribution in [1.29, 1.82) is 0 Å². The van der Waals surface area contributed by atoms with Crippen LogP contribution < -0.4 is 5.73 Å². The minimum Gasteiger partial charge on any atom is -0.379 e. The van der Waals surface area contributed by atoms with E-state index in [1.807, 2.05) is 0 Å². The van der Waals surface area contributed by atoms with Crippen LogP contribution in [-0.4, -0.2) is 31.4 Å². The maximum atomic E-state index is 10.7. The Morgan fingerprint density at radius 2 is 1.86 bits per heavy atom. The lowest BCUT2D eigenvalue weighted by molar-refractivity contribution is 0.168. The summed E-state index contributed by atoms with van der Waals surface area (Å²) in [6, 6.07) is 0. The lowest BCUT2D eigenvalue weighted by Gasteiger charge is -2.07. The van der Waals surface area contributed by atoms with E-state index in [0.29, 0.717) is 0 Å². The molecule has 0 bridgehead atoms. The molecule has 0 spiro atoms. The van der Waals surface area contributed by atoms with Crippen LogP contribution in [0.5, 0.6) is 0 Å². The minimum absolute atomic E-state index is 0.135. The van der Waals surface area contributed by atoms with Crippen molar-refractivity contribution in [2.45, 2.75) is 30.9 Å². The Kier molecular flexibility index (Phi) is 5.93. The van der Waals surface area contributed by atoms with Crippen molar-refractivity contribution in [2.75, 3.05) is 0 Å². The Labute approximate surface area is 82.0 Å². The average molecular weight is 246 g/mol. The van der Waals surface area contributed by atoms with Gasteiger partial charge in [0, 0.05) is 6.42 Å². The van der Waals surface area contributed by atoms with Crippen LogP contribution in [0.1, 0.15) is 19.3 Å². The first kappa shape index (κ1) is 14.1. The summed E-state index contributed by atoms with van der Waals surface area (Å²) >= 11 is 0. The van der Waals surface area contributed by atoms with Crippen LogP contribution in [0.4, 0.5) is 0 Å². The molecule has 3 atom stereocenters. The van der Waals surface area contributed by atoms with Crippen molar-refractivity contribution in [3.63, 3.8) is 0 Å². The molecule has 0 aromatic carbocycles. The van der Waals surface area contributed by atoms with Crippen molar-refractivity contribution in [1.82, 2.24) is 0 Å². The molecule has 9 heteroatoms. The highest BCUT2D eigenvalue weighted by molar-refractivity contribution is 7.65. The zero-order chi connectivity index (χ0) is 11.4. The van der Waals surface area contributed by atoms with Gasteiger partial charge in [0.25, 0.3) is 5.40 Å². The number of nitrogens with two attached hydrogens (primary N) is 1. The highest BCUT2D eigenvalue weighted by Crippen LogP contribution is 2.53. The third-order valence-corrected chi connectivity index (χ3v) is 4.90. The van der Waals surface area contributed by atoms with Gasteiger partial charge in [0.1, 0.15) is 6.23 Å². The van der Waals surface area contributed by atoms with Gasteiger partial charge < -0.3 is 20.6 Å². The van der Waals surface area contributed by atoms with Gasteiger partial charge in [-0.15, -0.1) is 0 Å². The van der Waals surface area contributed by atoms with Crippen LogP contribution in [0.25, 0.3) is 0 Å². The van der Waals surface area contributed by atoms with E-state index in [4.69, 9.17) is 25.5 Å². The molecule has 0 saturated carbocycles. The highest BCUT2D eigenvalue weighted by Gasteiger charge is 2.44. The number of hydrogen-bond acceptors (Lipinski definition) is 4. The molecule has 0 aliphatic carbocycles. The normalized spacial score (nSPS) is 17.6. The van der Waals surface area contributed by atoms with Crippen LogP contribution in [0.15, 0.2) is 0 Å². The molecule has 0 fully saturated rings. The summed E-state index contributed by atoms with van der Waals surface area (Å²) in [7, 11) is -7.47. The molecular formula is C5H14NO6P2+. The summed E-state index contributed by atoms with van der Waals surface area (Å²) in [6.07, 6.45) is -0.872. The second-order valence-corrected chi connectivity index (χ2v) is 6.31. The van der Waals surface area contributed by atoms with Gasteiger partial charge in [0.05, 0.1) is 0 Å². The van der Waals surface area contributed by atoms with Gasteiger partial charge in [-0.25, -0.2) is 0 Å². The molecular weight excluding hydrogens is 232 g/mol. The molecule has 0 saturated heterocycles. The molecule has 14 heavy (non-hydrogen) atoms. The Bertz CT molecular complexity index is 238. The average Bonchev–Trinajstić information content (AvgIpc) is 1.94. The van der Waals surface area contributed by atoms with Gasteiger partial charge in [0.15, 0.2) is 0 Å². The van der Waals surface area contributed by atoms with E-state index in [-0.39, 0.29) is 19.3 Å². The summed E-state index contributed by atoms with van der Waals surface area (Å²) < 4.78 is 21.3. The summed E-state index contributed by atoms with van der Waals surface area (Å²) in [5.41, 5.74) is 4.99. The van der Waals surface area contributed by atoms with Gasteiger partial charge in [-0.05, 0) is 17.4 Å². The molecule has 7 nitrogen and oxygen atoms in total. The van der Waals surface area contributed by atoms with E-state index in [1.165, 1.54) is 0 Å². The Balaban J connectivity index is 4.14. The zero-order valence-electron chi connectivity index (χ0n) is 7.35. The van der Waals surface area contributed by atoms with Gasteiger partial charge >= 0.3 is 15.6 Å².